The molecule has 0 aliphatic heterocycles. The Morgan fingerprint density at radius 3 is 1.17 bits per heavy atom. The first-order chi connectivity index (χ1) is 27.7. The molecule has 4 nitrogen and oxygen atoms in total. The molecule has 0 saturated carbocycles. The quantitative estimate of drug-likeness (QED) is 0.0713. The molecule has 0 N–H and O–H groups in total. The van der Waals surface area contributed by atoms with Crippen LogP contribution in [0.2, 0.25) is 22.2 Å². The van der Waals surface area contributed by atoms with Gasteiger partial charge >= 0.3 is 0 Å². The molecule has 0 spiro atoms. The van der Waals surface area contributed by atoms with Gasteiger partial charge in [0.05, 0.1) is 28.4 Å². The number of methoxy groups -OCH3 is 4. The number of benzene rings is 5. The molecular formula is C53H68O4Si2. The van der Waals surface area contributed by atoms with Gasteiger partial charge in [0.1, 0.15) is 23.0 Å². The van der Waals surface area contributed by atoms with Crippen molar-refractivity contribution in [2.75, 3.05) is 28.4 Å². The summed E-state index contributed by atoms with van der Waals surface area (Å²) >= 11 is 0. The Labute approximate surface area is 357 Å². The van der Waals surface area contributed by atoms with Gasteiger partial charge in [-0.1, -0.05) is 98.4 Å². The van der Waals surface area contributed by atoms with Gasteiger partial charge in [0, 0.05) is 38.2 Å². The maximum atomic E-state index is 6.39. The summed E-state index contributed by atoms with van der Waals surface area (Å²) in [5.41, 5.74) is 12.4. The number of rotatable bonds is 12. The Balaban J connectivity index is 2.24. The second kappa shape index (κ2) is 17.2. The lowest BCUT2D eigenvalue weighted by Gasteiger charge is -2.35. The zero-order valence-corrected chi connectivity index (χ0v) is 41.1. The van der Waals surface area contributed by atoms with Gasteiger partial charge in [0.2, 0.25) is 0 Å². The summed E-state index contributed by atoms with van der Waals surface area (Å²) in [6, 6.07) is 15.2. The molecule has 0 radical (unpaired) electrons. The van der Waals surface area contributed by atoms with E-state index in [0.717, 1.165) is 89.2 Å². The van der Waals surface area contributed by atoms with E-state index in [1.165, 1.54) is 10.4 Å². The second-order valence-corrected chi connectivity index (χ2v) is 28.7. The molecule has 0 amide bonds. The third kappa shape index (κ3) is 7.46. The first kappa shape index (κ1) is 45.5. The Morgan fingerprint density at radius 1 is 0.542 bits per heavy atom. The van der Waals surface area contributed by atoms with Crippen LogP contribution in [0.3, 0.4) is 0 Å². The molecule has 0 bridgehead atoms. The van der Waals surface area contributed by atoms with Crippen LogP contribution in [-0.4, -0.2) is 44.6 Å². The van der Waals surface area contributed by atoms with Crippen LogP contribution in [0, 0.1) is 22.9 Å². The van der Waals surface area contributed by atoms with Crippen LogP contribution in [-0.2, 0) is 5.41 Å². The Bertz CT molecular complexity index is 2590. The lowest BCUT2D eigenvalue weighted by atomic mass is 9.80. The van der Waals surface area contributed by atoms with Crippen LogP contribution in [0.15, 0.2) is 66.0 Å². The molecule has 0 aliphatic rings. The highest BCUT2D eigenvalue weighted by Crippen LogP contribution is 2.48. The van der Waals surface area contributed by atoms with Crippen LogP contribution in [0.1, 0.15) is 113 Å². The standard InChI is InChI=1S/C53H68O4Si2/c1-20-53(14,15)48-31-51(56-18)46-29-42-38(23-25-58(32(2)3,33(4)5)34(6)7)40-27-44-45(50(55-17)22-21-49(44)54-16)28-41(40)39(43(42)30-47(46)52(48)57-19)24-26-59(35(8)9,36(10)11)37(12)13/h21-22,27-31,33-34,36-37H,2,8,20H2,1,3-7,9-19H3. The van der Waals surface area contributed by atoms with Gasteiger partial charge in [0.25, 0.3) is 0 Å². The fourth-order valence-electron chi connectivity index (χ4n) is 10.0. The molecule has 0 saturated heterocycles. The highest BCUT2D eigenvalue weighted by molar-refractivity contribution is 6.96. The predicted octanol–water partition coefficient (Wildman–Crippen LogP) is 14.6. The Morgan fingerprint density at radius 2 is 0.881 bits per heavy atom. The minimum Gasteiger partial charge on any atom is -0.496 e. The zero-order valence-electron chi connectivity index (χ0n) is 39.1. The van der Waals surface area contributed by atoms with Crippen molar-refractivity contribution in [3.8, 4) is 45.9 Å². The van der Waals surface area contributed by atoms with Crippen LogP contribution in [0.5, 0.6) is 23.0 Å². The minimum absolute atomic E-state index is 0.162. The molecule has 5 rings (SSSR count). The van der Waals surface area contributed by atoms with E-state index in [0.29, 0.717) is 22.2 Å². The summed E-state index contributed by atoms with van der Waals surface area (Å²) in [6.07, 6.45) is 0.934. The maximum Gasteiger partial charge on any atom is 0.169 e. The van der Waals surface area contributed by atoms with Crippen molar-refractivity contribution in [3.63, 3.8) is 0 Å². The lowest BCUT2D eigenvalue weighted by molar-refractivity contribution is 0.387. The second-order valence-electron chi connectivity index (χ2n) is 18.4. The summed E-state index contributed by atoms with van der Waals surface area (Å²) in [7, 11) is 2.26. The van der Waals surface area contributed by atoms with E-state index in [-0.39, 0.29) is 5.41 Å². The zero-order chi connectivity index (χ0) is 43.9. The van der Waals surface area contributed by atoms with Gasteiger partial charge in [-0.05, 0) is 112 Å². The van der Waals surface area contributed by atoms with E-state index >= 15 is 0 Å². The van der Waals surface area contributed by atoms with Crippen molar-refractivity contribution >= 4 is 59.2 Å². The average Bonchev–Trinajstić information content (AvgIpc) is 3.18. The maximum absolute atomic E-state index is 6.39. The number of hydrogen-bond acceptors (Lipinski definition) is 4. The van der Waals surface area contributed by atoms with Gasteiger partial charge in [-0.25, -0.2) is 0 Å². The third-order valence-corrected chi connectivity index (χ3v) is 24.8. The molecule has 6 heteroatoms. The monoisotopic (exact) mass is 824 g/mol. The van der Waals surface area contributed by atoms with E-state index in [1.807, 2.05) is 12.1 Å². The van der Waals surface area contributed by atoms with Crippen molar-refractivity contribution in [1.82, 2.24) is 0 Å². The molecule has 312 valence electrons. The van der Waals surface area contributed by atoms with Gasteiger partial charge in [-0.2, -0.15) is 0 Å². The molecule has 0 atom stereocenters. The van der Waals surface area contributed by atoms with Crippen molar-refractivity contribution in [2.24, 2.45) is 0 Å². The number of ether oxygens (including phenoxy) is 4. The molecular weight excluding hydrogens is 757 g/mol. The Kier molecular flexibility index (Phi) is 13.2. The largest absolute Gasteiger partial charge is 0.496 e. The highest BCUT2D eigenvalue weighted by atomic mass is 28.3. The van der Waals surface area contributed by atoms with Crippen molar-refractivity contribution in [2.45, 2.75) is 124 Å². The molecule has 0 fully saturated rings. The predicted molar refractivity (Wildman–Crippen MR) is 261 cm³/mol. The van der Waals surface area contributed by atoms with Gasteiger partial charge in [-0.15, -0.1) is 24.2 Å². The average molecular weight is 825 g/mol. The SMILES string of the molecule is C=C(C)[Si](C#Cc1c2cc3c(OC)ccc(OC)c3cc2c(C#C[Si](C(=C)C)(C(C)C)C(C)C)c2cc3c(OC)c(C(C)(C)CC)cc(OC)c3cc12)(C(C)C)C(C)C. The fourth-order valence-corrected chi connectivity index (χ4v) is 18.9. The van der Waals surface area contributed by atoms with Crippen molar-refractivity contribution in [3.05, 3.63) is 82.7 Å². The molecule has 0 aliphatic carbocycles. The van der Waals surface area contributed by atoms with Crippen LogP contribution in [0.4, 0.5) is 0 Å². The summed E-state index contributed by atoms with van der Waals surface area (Å²) in [5, 5.41) is 10.4. The van der Waals surface area contributed by atoms with Crippen molar-refractivity contribution < 1.29 is 18.9 Å². The van der Waals surface area contributed by atoms with E-state index in [1.54, 1.807) is 28.4 Å². The first-order valence-electron chi connectivity index (χ1n) is 21.3. The minimum atomic E-state index is -2.36. The van der Waals surface area contributed by atoms with Crippen LogP contribution < -0.4 is 18.9 Å². The molecule has 0 aromatic heterocycles. The molecule has 5 aromatic rings. The highest BCUT2D eigenvalue weighted by Gasteiger charge is 2.41. The van der Waals surface area contributed by atoms with E-state index < -0.39 is 16.1 Å². The number of fused-ring (bicyclic) bond motifs is 4. The molecule has 5 aromatic carbocycles. The van der Waals surface area contributed by atoms with E-state index in [2.05, 4.69) is 156 Å². The van der Waals surface area contributed by atoms with Gasteiger partial charge in [0.15, 0.2) is 16.1 Å². The normalized spacial score (nSPS) is 12.4. The summed E-state index contributed by atoms with van der Waals surface area (Å²) in [4.78, 5) is 0. The smallest absolute Gasteiger partial charge is 0.169 e. The summed E-state index contributed by atoms with van der Waals surface area (Å²) < 4.78 is 24.7. The lowest BCUT2D eigenvalue weighted by Crippen LogP contribution is -2.41. The van der Waals surface area contributed by atoms with E-state index in [9.17, 15) is 0 Å². The third-order valence-electron chi connectivity index (χ3n) is 13.7. The number of hydrogen-bond donors (Lipinski definition) is 0. The van der Waals surface area contributed by atoms with Crippen LogP contribution >= 0.6 is 0 Å². The fraction of sp³-hybridized carbons (Fsp3) is 0.434. The van der Waals surface area contributed by atoms with Gasteiger partial charge in [-0.3, -0.25) is 0 Å². The van der Waals surface area contributed by atoms with E-state index in [4.69, 9.17) is 18.9 Å². The topological polar surface area (TPSA) is 36.9 Å². The molecule has 0 unspecified atom stereocenters. The molecule has 0 heterocycles. The van der Waals surface area contributed by atoms with Crippen molar-refractivity contribution in [1.29, 1.82) is 0 Å². The number of allylic oxidation sites excluding steroid dienone is 2. The van der Waals surface area contributed by atoms with Gasteiger partial charge < -0.3 is 18.9 Å². The molecule has 59 heavy (non-hydrogen) atoms. The Hall–Kier alpha value is -4.63. The van der Waals surface area contributed by atoms with Crippen LogP contribution in [0.25, 0.3) is 43.1 Å². The summed E-state index contributed by atoms with van der Waals surface area (Å²) in [6.45, 7) is 38.8. The first-order valence-corrected chi connectivity index (χ1v) is 25.6. The summed E-state index contributed by atoms with van der Waals surface area (Å²) in [5.74, 6) is 11.1.